The monoisotopic (exact) mass is 379 g/mol. The molecule has 1 N–H and O–H groups in total. The molecule has 1 heterocycles. The molecule has 3 rings (SSSR count). The van der Waals surface area contributed by atoms with Crippen LogP contribution in [0.2, 0.25) is 0 Å². The summed E-state index contributed by atoms with van der Waals surface area (Å²) < 4.78 is 31.0. The van der Waals surface area contributed by atoms with E-state index in [-0.39, 0.29) is 5.75 Å². The first-order valence-corrected chi connectivity index (χ1v) is 10.3. The number of benzene rings is 2. The van der Waals surface area contributed by atoms with E-state index in [1.807, 2.05) is 25.1 Å². The Kier molecular flexibility index (Phi) is 4.96. The van der Waals surface area contributed by atoms with Gasteiger partial charge in [-0.15, -0.1) is 0 Å². The van der Waals surface area contributed by atoms with Crippen LogP contribution < -0.4 is 4.90 Å². The number of thioether (sulfide) groups is 1. The fourth-order valence-corrected chi connectivity index (χ4v) is 4.67. The topological polar surface area (TPSA) is 57.6 Å². The largest absolute Gasteiger partial charge is 0.334 e. The number of thiocarbonyl (C=S) groups is 1. The van der Waals surface area contributed by atoms with Gasteiger partial charge in [0.05, 0.1) is 16.5 Å². The zero-order valence-corrected chi connectivity index (χ0v) is 15.5. The normalized spacial score (nSPS) is 15.9. The highest BCUT2D eigenvalue weighted by Gasteiger charge is 2.27. The highest BCUT2D eigenvalue weighted by atomic mass is 32.2. The third kappa shape index (κ3) is 3.80. The van der Waals surface area contributed by atoms with Crippen LogP contribution in [0, 0.1) is 0 Å². The molecule has 0 saturated carbocycles. The Morgan fingerprint density at radius 3 is 2.75 bits per heavy atom. The smallest absolute Gasteiger partial charge is 0.264 e. The van der Waals surface area contributed by atoms with Crippen molar-refractivity contribution >= 4 is 55.4 Å². The highest BCUT2D eigenvalue weighted by molar-refractivity contribution is 8.03. The molecule has 0 saturated heterocycles. The molecule has 0 amide bonds. The van der Waals surface area contributed by atoms with E-state index in [0.29, 0.717) is 13.0 Å². The minimum absolute atomic E-state index is 0.252. The lowest BCUT2D eigenvalue weighted by Gasteiger charge is -2.21. The number of anilines is 1. The zero-order chi connectivity index (χ0) is 17.3. The van der Waals surface area contributed by atoms with Crippen LogP contribution in [0.4, 0.5) is 5.69 Å². The van der Waals surface area contributed by atoms with Gasteiger partial charge in [0, 0.05) is 21.7 Å². The van der Waals surface area contributed by atoms with Gasteiger partial charge in [0.25, 0.3) is 10.1 Å². The van der Waals surface area contributed by atoms with Crippen molar-refractivity contribution in [1.29, 1.82) is 0 Å². The van der Waals surface area contributed by atoms with Crippen molar-refractivity contribution in [3.05, 3.63) is 47.5 Å². The Morgan fingerprint density at radius 2 is 2.04 bits per heavy atom. The molecule has 2 aromatic carbocycles. The molecule has 1 aliphatic rings. The molecule has 0 aromatic heterocycles. The number of hydrogen-bond acceptors (Lipinski definition) is 5. The summed E-state index contributed by atoms with van der Waals surface area (Å²) in [6.45, 7) is 2.36. The van der Waals surface area contributed by atoms with Gasteiger partial charge in [0.1, 0.15) is 0 Å². The van der Waals surface area contributed by atoms with Gasteiger partial charge in [-0.1, -0.05) is 54.3 Å². The second-order valence-electron chi connectivity index (χ2n) is 5.62. The molecular formula is C17H17NO3S3. The Labute approximate surface area is 151 Å². The summed E-state index contributed by atoms with van der Waals surface area (Å²) >= 11 is 6.84. The molecule has 0 aliphatic carbocycles. The van der Waals surface area contributed by atoms with Gasteiger partial charge in [-0.2, -0.15) is 8.42 Å². The van der Waals surface area contributed by atoms with Crippen LogP contribution in [0.1, 0.15) is 13.3 Å². The van der Waals surface area contributed by atoms with Crippen molar-refractivity contribution in [2.75, 3.05) is 17.2 Å². The minimum atomic E-state index is -3.95. The average Bonchev–Trinajstić information content (AvgIpc) is 2.83. The van der Waals surface area contributed by atoms with E-state index in [1.54, 1.807) is 11.8 Å². The van der Waals surface area contributed by atoms with E-state index >= 15 is 0 Å². The standard InChI is InChI=1S/C17H17NO3S3/c1-12(22)11-16-18(9-4-10-24(19,20)21)17-14-6-3-2-5-13(14)7-8-15(17)23-16/h2-3,5-8,11H,4,9-10H2,1H3,(H,19,20,21). The first-order chi connectivity index (χ1) is 11.3. The molecule has 7 heteroatoms. The van der Waals surface area contributed by atoms with Gasteiger partial charge in [-0.3, -0.25) is 4.55 Å². The Hall–Kier alpha value is -1.41. The SMILES string of the molecule is CC(=S)C=C1Sc2ccc3ccccc3c2N1CCCS(=O)(=O)O. The van der Waals surface area contributed by atoms with Gasteiger partial charge in [-0.05, 0) is 30.9 Å². The lowest BCUT2D eigenvalue weighted by molar-refractivity contribution is 0.481. The van der Waals surface area contributed by atoms with Crippen molar-refractivity contribution in [2.24, 2.45) is 0 Å². The van der Waals surface area contributed by atoms with Crippen LogP contribution in [-0.4, -0.2) is 30.1 Å². The van der Waals surface area contributed by atoms with Crippen molar-refractivity contribution in [3.8, 4) is 0 Å². The number of rotatable bonds is 5. The number of hydrogen-bond donors (Lipinski definition) is 1. The van der Waals surface area contributed by atoms with Crippen molar-refractivity contribution in [2.45, 2.75) is 18.2 Å². The maximum absolute atomic E-state index is 11.0. The molecule has 0 bridgehead atoms. The van der Waals surface area contributed by atoms with Crippen LogP contribution >= 0.6 is 24.0 Å². The molecule has 0 unspecified atom stereocenters. The van der Waals surface area contributed by atoms with Crippen molar-refractivity contribution < 1.29 is 13.0 Å². The van der Waals surface area contributed by atoms with Gasteiger partial charge in [-0.25, -0.2) is 0 Å². The average molecular weight is 380 g/mol. The van der Waals surface area contributed by atoms with E-state index in [1.165, 1.54) is 0 Å². The van der Waals surface area contributed by atoms with Gasteiger partial charge >= 0.3 is 0 Å². The molecule has 0 fully saturated rings. The van der Waals surface area contributed by atoms with Gasteiger partial charge < -0.3 is 4.90 Å². The molecule has 2 aromatic rings. The quantitative estimate of drug-likeness (QED) is 0.476. The van der Waals surface area contributed by atoms with E-state index in [2.05, 4.69) is 29.2 Å². The molecule has 1 aliphatic heterocycles. The molecule has 126 valence electrons. The molecular weight excluding hydrogens is 362 g/mol. The molecule has 0 atom stereocenters. The summed E-state index contributed by atoms with van der Waals surface area (Å²) in [7, 11) is -3.95. The second kappa shape index (κ2) is 6.84. The third-order valence-electron chi connectivity index (χ3n) is 3.72. The number of nitrogens with zero attached hydrogens (tertiary/aromatic N) is 1. The first-order valence-electron chi connectivity index (χ1n) is 7.50. The summed E-state index contributed by atoms with van der Waals surface area (Å²) in [5.41, 5.74) is 1.08. The van der Waals surface area contributed by atoms with Crippen molar-refractivity contribution in [1.82, 2.24) is 0 Å². The predicted octanol–water partition coefficient (Wildman–Crippen LogP) is 4.26. The molecule has 0 spiro atoms. The Balaban J connectivity index is 2.02. The summed E-state index contributed by atoms with van der Waals surface area (Å²) in [6, 6.07) is 12.3. The zero-order valence-electron chi connectivity index (χ0n) is 13.1. The Morgan fingerprint density at radius 1 is 1.29 bits per heavy atom. The maximum Gasteiger partial charge on any atom is 0.264 e. The maximum atomic E-state index is 11.0. The minimum Gasteiger partial charge on any atom is -0.334 e. The lowest BCUT2D eigenvalue weighted by atomic mass is 10.1. The van der Waals surface area contributed by atoms with Crippen LogP contribution in [0.3, 0.4) is 0 Å². The molecule has 0 radical (unpaired) electrons. The van der Waals surface area contributed by atoms with E-state index < -0.39 is 10.1 Å². The first kappa shape index (κ1) is 17.4. The summed E-state index contributed by atoms with van der Waals surface area (Å²) in [5, 5.41) is 3.25. The summed E-state index contributed by atoms with van der Waals surface area (Å²) in [6.07, 6.45) is 2.28. The summed E-state index contributed by atoms with van der Waals surface area (Å²) in [4.78, 5) is 4.00. The molecule has 24 heavy (non-hydrogen) atoms. The van der Waals surface area contributed by atoms with Gasteiger partial charge in [0.2, 0.25) is 0 Å². The molecule has 4 nitrogen and oxygen atoms in total. The van der Waals surface area contributed by atoms with Crippen LogP contribution in [-0.2, 0) is 10.1 Å². The highest BCUT2D eigenvalue weighted by Crippen LogP contribution is 2.49. The predicted molar refractivity (Wildman–Crippen MR) is 105 cm³/mol. The van der Waals surface area contributed by atoms with Gasteiger partial charge in [0.15, 0.2) is 0 Å². The van der Waals surface area contributed by atoms with Crippen LogP contribution in [0.15, 0.2) is 52.4 Å². The van der Waals surface area contributed by atoms with E-state index in [4.69, 9.17) is 16.8 Å². The van der Waals surface area contributed by atoms with E-state index in [9.17, 15) is 8.42 Å². The fraction of sp³-hybridized carbons (Fsp3) is 0.235. The Bertz CT molecular complexity index is 935. The third-order valence-corrected chi connectivity index (χ3v) is 5.74. The fourth-order valence-electron chi connectivity index (χ4n) is 2.78. The summed E-state index contributed by atoms with van der Waals surface area (Å²) in [5.74, 6) is -0.252. The van der Waals surface area contributed by atoms with E-state index in [0.717, 1.165) is 31.2 Å². The van der Waals surface area contributed by atoms with Crippen LogP contribution in [0.25, 0.3) is 10.8 Å². The van der Waals surface area contributed by atoms with Crippen molar-refractivity contribution in [3.63, 3.8) is 0 Å². The van der Waals surface area contributed by atoms with Crippen LogP contribution in [0.5, 0.6) is 0 Å². The number of allylic oxidation sites excluding steroid dienone is 1. The lowest BCUT2D eigenvalue weighted by Crippen LogP contribution is -2.22. The number of fused-ring (bicyclic) bond motifs is 3. The second-order valence-corrected chi connectivity index (χ2v) is 8.90.